The number of fused-ring (bicyclic) bond motifs is 1. The molecule has 4 heterocycles. The second-order valence-corrected chi connectivity index (χ2v) is 8.28. The Labute approximate surface area is 192 Å². The Morgan fingerprint density at radius 2 is 1.84 bits per heavy atom. The molecular formula is C23H17Cl2FN4O2. The Balaban J connectivity index is 1.70. The van der Waals surface area contributed by atoms with Crippen molar-refractivity contribution in [2.24, 2.45) is 0 Å². The van der Waals surface area contributed by atoms with Gasteiger partial charge in [0.25, 0.3) is 5.56 Å². The van der Waals surface area contributed by atoms with E-state index >= 15 is 0 Å². The largest absolute Gasteiger partial charge is 0.379 e. The van der Waals surface area contributed by atoms with Gasteiger partial charge in [0.05, 0.1) is 40.0 Å². The van der Waals surface area contributed by atoms with Crippen molar-refractivity contribution < 1.29 is 9.13 Å². The SMILES string of the molecule is O=c1c(-c2c(Cl)cccc2Cl)cc2cnc(Nc3ccc(F)cn3)cc2n1[C@H]1CCOC1. The molecule has 1 atom stereocenters. The highest BCUT2D eigenvalue weighted by Gasteiger charge is 2.24. The topological polar surface area (TPSA) is 69.0 Å². The maximum Gasteiger partial charge on any atom is 0.259 e. The molecule has 0 amide bonds. The summed E-state index contributed by atoms with van der Waals surface area (Å²) in [5.74, 6) is 0.492. The van der Waals surface area contributed by atoms with Gasteiger partial charge in [-0.05, 0) is 36.8 Å². The van der Waals surface area contributed by atoms with Gasteiger partial charge >= 0.3 is 0 Å². The third-order valence-electron chi connectivity index (χ3n) is 5.41. The monoisotopic (exact) mass is 470 g/mol. The molecular weight excluding hydrogens is 454 g/mol. The van der Waals surface area contributed by atoms with Gasteiger partial charge < -0.3 is 14.6 Å². The van der Waals surface area contributed by atoms with Crippen LogP contribution in [0.15, 0.2) is 59.7 Å². The first kappa shape index (κ1) is 20.9. The van der Waals surface area contributed by atoms with Crippen molar-refractivity contribution in [1.29, 1.82) is 0 Å². The smallest absolute Gasteiger partial charge is 0.259 e. The Kier molecular flexibility index (Phi) is 5.55. The van der Waals surface area contributed by atoms with Crippen LogP contribution in [0.1, 0.15) is 12.5 Å². The molecule has 0 aliphatic carbocycles. The van der Waals surface area contributed by atoms with Gasteiger partial charge in [0.2, 0.25) is 0 Å². The normalized spacial score (nSPS) is 15.9. The number of pyridine rings is 3. The van der Waals surface area contributed by atoms with E-state index in [0.29, 0.717) is 58.0 Å². The van der Waals surface area contributed by atoms with Crippen LogP contribution >= 0.6 is 23.2 Å². The van der Waals surface area contributed by atoms with Crippen molar-refractivity contribution in [3.63, 3.8) is 0 Å². The lowest BCUT2D eigenvalue weighted by Crippen LogP contribution is -2.27. The molecule has 0 unspecified atom stereocenters. The average Bonchev–Trinajstić information content (AvgIpc) is 3.30. The van der Waals surface area contributed by atoms with Crippen LogP contribution in [0.25, 0.3) is 22.0 Å². The Bertz CT molecular complexity index is 1350. The van der Waals surface area contributed by atoms with Gasteiger partial charge in [-0.2, -0.15) is 0 Å². The van der Waals surface area contributed by atoms with Gasteiger partial charge in [-0.1, -0.05) is 29.3 Å². The van der Waals surface area contributed by atoms with Crippen LogP contribution in [0.5, 0.6) is 0 Å². The van der Waals surface area contributed by atoms with E-state index in [1.807, 2.05) is 0 Å². The Morgan fingerprint density at radius 1 is 1.06 bits per heavy atom. The molecule has 32 heavy (non-hydrogen) atoms. The van der Waals surface area contributed by atoms with Gasteiger partial charge in [-0.3, -0.25) is 4.79 Å². The first-order valence-corrected chi connectivity index (χ1v) is 10.7. The van der Waals surface area contributed by atoms with Crippen LogP contribution in [0.3, 0.4) is 0 Å². The van der Waals surface area contributed by atoms with E-state index in [0.717, 1.165) is 11.6 Å². The highest BCUT2D eigenvalue weighted by Crippen LogP contribution is 2.35. The van der Waals surface area contributed by atoms with Crippen molar-refractivity contribution in [2.75, 3.05) is 18.5 Å². The zero-order chi connectivity index (χ0) is 22.2. The third-order valence-corrected chi connectivity index (χ3v) is 6.04. The van der Waals surface area contributed by atoms with Crippen LogP contribution < -0.4 is 10.9 Å². The molecule has 1 aliphatic rings. The predicted molar refractivity (Wildman–Crippen MR) is 123 cm³/mol. The number of hydrogen-bond acceptors (Lipinski definition) is 5. The fourth-order valence-corrected chi connectivity index (χ4v) is 4.50. The van der Waals surface area contributed by atoms with E-state index in [1.54, 1.807) is 41.1 Å². The Morgan fingerprint density at radius 3 is 2.53 bits per heavy atom. The van der Waals surface area contributed by atoms with E-state index in [-0.39, 0.29) is 11.6 Å². The molecule has 0 saturated carbocycles. The molecule has 5 rings (SSSR count). The minimum atomic E-state index is -0.428. The first-order valence-electron chi connectivity index (χ1n) is 9.97. The van der Waals surface area contributed by atoms with E-state index in [1.165, 1.54) is 12.1 Å². The third kappa shape index (κ3) is 3.83. The van der Waals surface area contributed by atoms with Gasteiger partial charge in [0, 0.05) is 29.8 Å². The highest BCUT2D eigenvalue weighted by molar-refractivity contribution is 6.39. The van der Waals surface area contributed by atoms with E-state index in [4.69, 9.17) is 27.9 Å². The van der Waals surface area contributed by atoms with E-state index in [2.05, 4.69) is 15.3 Å². The number of rotatable bonds is 4. The maximum absolute atomic E-state index is 13.7. The standard InChI is InChI=1S/C23H17Cl2FN4O2/c24-17-2-1-3-18(25)22(17)16-8-13-10-27-21(29-20-5-4-14(26)11-28-20)9-19(13)30(23(16)31)15-6-7-32-12-15/h1-5,8-11,15H,6-7,12H2,(H,27,28,29)/t15-/m0/s1. The summed E-state index contributed by atoms with van der Waals surface area (Å²) in [5.41, 5.74) is 1.38. The van der Waals surface area contributed by atoms with Gasteiger partial charge in [-0.15, -0.1) is 0 Å². The second-order valence-electron chi connectivity index (χ2n) is 7.46. The van der Waals surface area contributed by atoms with E-state index < -0.39 is 5.82 Å². The Hall–Kier alpha value is -3.00. The molecule has 9 heteroatoms. The number of anilines is 2. The number of benzene rings is 1. The van der Waals surface area contributed by atoms with Crippen molar-refractivity contribution >= 4 is 45.7 Å². The van der Waals surface area contributed by atoms with Crippen LogP contribution in [-0.4, -0.2) is 27.7 Å². The van der Waals surface area contributed by atoms with Crippen LogP contribution in [0.4, 0.5) is 16.0 Å². The maximum atomic E-state index is 13.7. The highest BCUT2D eigenvalue weighted by atomic mass is 35.5. The lowest BCUT2D eigenvalue weighted by molar-refractivity contribution is 0.186. The van der Waals surface area contributed by atoms with Crippen molar-refractivity contribution in [3.8, 4) is 11.1 Å². The molecule has 1 fully saturated rings. The number of ether oxygens (including phenoxy) is 1. The molecule has 0 bridgehead atoms. The molecule has 1 aromatic carbocycles. The molecule has 0 spiro atoms. The molecule has 6 nitrogen and oxygen atoms in total. The summed E-state index contributed by atoms with van der Waals surface area (Å²) < 4.78 is 20.4. The fraction of sp³-hybridized carbons (Fsp3) is 0.174. The van der Waals surface area contributed by atoms with Crippen molar-refractivity contribution in [3.05, 3.63) is 81.1 Å². The van der Waals surface area contributed by atoms with Crippen LogP contribution in [0.2, 0.25) is 10.0 Å². The summed E-state index contributed by atoms with van der Waals surface area (Å²) in [4.78, 5) is 22.1. The zero-order valence-corrected chi connectivity index (χ0v) is 18.2. The number of nitrogens with zero attached hydrogens (tertiary/aromatic N) is 3. The first-order chi connectivity index (χ1) is 15.5. The molecule has 1 aliphatic heterocycles. The summed E-state index contributed by atoms with van der Waals surface area (Å²) >= 11 is 12.8. The lowest BCUT2D eigenvalue weighted by atomic mass is 10.0. The van der Waals surface area contributed by atoms with Gasteiger partial charge in [0.1, 0.15) is 17.5 Å². The summed E-state index contributed by atoms with van der Waals surface area (Å²) in [7, 11) is 0. The predicted octanol–water partition coefficient (Wildman–Crippen LogP) is 5.61. The summed E-state index contributed by atoms with van der Waals surface area (Å²) in [6.07, 6.45) is 3.50. The summed E-state index contributed by atoms with van der Waals surface area (Å²) in [6.45, 7) is 1.00. The minimum Gasteiger partial charge on any atom is -0.379 e. The summed E-state index contributed by atoms with van der Waals surface area (Å²) in [5, 5.41) is 4.60. The van der Waals surface area contributed by atoms with Gasteiger partial charge in [0.15, 0.2) is 0 Å². The van der Waals surface area contributed by atoms with E-state index in [9.17, 15) is 9.18 Å². The molecule has 4 aromatic rings. The quantitative estimate of drug-likeness (QED) is 0.419. The summed E-state index contributed by atoms with van der Waals surface area (Å²) in [6, 6.07) is 11.4. The molecule has 1 N–H and O–H groups in total. The van der Waals surface area contributed by atoms with Crippen LogP contribution in [0, 0.1) is 5.82 Å². The molecule has 0 radical (unpaired) electrons. The zero-order valence-electron chi connectivity index (χ0n) is 16.7. The number of halogens is 3. The number of hydrogen-bond donors (Lipinski definition) is 1. The number of nitrogens with one attached hydrogen (secondary N) is 1. The molecule has 1 saturated heterocycles. The molecule has 3 aromatic heterocycles. The van der Waals surface area contributed by atoms with Crippen molar-refractivity contribution in [1.82, 2.24) is 14.5 Å². The average molecular weight is 471 g/mol. The van der Waals surface area contributed by atoms with Crippen molar-refractivity contribution in [2.45, 2.75) is 12.5 Å². The second kappa shape index (κ2) is 8.50. The molecule has 162 valence electrons. The van der Waals surface area contributed by atoms with Gasteiger partial charge in [-0.25, -0.2) is 14.4 Å². The lowest BCUT2D eigenvalue weighted by Gasteiger charge is -2.19. The minimum absolute atomic E-state index is 0.134. The number of aromatic nitrogens is 3. The van der Waals surface area contributed by atoms with Crippen LogP contribution in [-0.2, 0) is 4.74 Å². The fourth-order valence-electron chi connectivity index (χ4n) is 3.90.